The van der Waals surface area contributed by atoms with Gasteiger partial charge in [0.15, 0.2) is 0 Å². The van der Waals surface area contributed by atoms with Crippen molar-refractivity contribution in [3.8, 4) is 22.9 Å². The van der Waals surface area contributed by atoms with Crippen LogP contribution in [0.4, 0.5) is 4.39 Å². The lowest BCUT2D eigenvalue weighted by molar-refractivity contribution is 0.416. The summed E-state index contributed by atoms with van der Waals surface area (Å²) < 4.78 is 18.7. The van der Waals surface area contributed by atoms with Crippen LogP contribution in [0.15, 0.2) is 36.4 Å². The molecule has 4 heteroatoms. The van der Waals surface area contributed by atoms with E-state index in [1.54, 1.807) is 24.3 Å². The first kappa shape index (κ1) is 13.1. The fourth-order valence-electron chi connectivity index (χ4n) is 1.97. The molecule has 0 aliphatic rings. The van der Waals surface area contributed by atoms with Crippen molar-refractivity contribution in [1.82, 2.24) is 0 Å². The lowest BCUT2D eigenvalue weighted by Crippen LogP contribution is -2.00. The Balaban J connectivity index is 2.70. The minimum atomic E-state index is -0.350. The Morgan fingerprint density at radius 1 is 1.21 bits per heavy atom. The Kier molecular flexibility index (Phi) is 3.79. The smallest absolute Gasteiger partial charge is 0.126 e. The summed E-state index contributed by atoms with van der Waals surface area (Å²) in [6, 6.07) is 11.5. The number of nitriles is 1. The molecule has 0 spiro atoms. The molecule has 0 aliphatic carbocycles. The van der Waals surface area contributed by atoms with E-state index in [-0.39, 0.29) is 12.4 Å². The van der Waals surface area contributed by atoms with Crippen molar-refractivity contribution in [2.24, 2.45) is 5.73 Å². The molecule has 2 N–H and O–H groups in total. The van der Waals surface area contributed by atoms with Gasteiger partial charge in [-0.3, -0.25) is 0 Å². The minimum absolute atomic E-state index is 0.287. The molecule has 0 saturated heterocycles. The fraction of sp³-hybridized carbons (Fsp3) is 0.133. The van der Waals surface area contributed by atoms with Gasteiger partial charge in [0, 0.05) is 12.1 Å². The highest BCUT2D eigenvalue weighted by Crippen LogP contribution is 2.33. The molecule has 0 heterocycles. The molecule has 3 nitrogen and oxygen atoms in total. The summed E-state index contributed by atoms with van der Waals surface area (Å²) in [4.78, 5) is 0. The number of halogens is 1. The van der Waals surface area contributed by atoms with Crippen molar-refractivity contribution in [2.45, 2.75) is 6.54 Å². The van der Waals surface area contributed by atoms with Crippen LogP contribution in [0.3, 0.4) is 0 Å². The van der Waals surface area contributed by atoms with E-state index in [0.29, 0.717) is 22.4 Å². The summed E-state index contributed by atoms with van der Waals surface area (Å²) in [5, 5.41) is 8.96. The van der Waals surface area contributed by atoms with Gasteiger partial charge in [-0.25, -0.2) is 4.39 Å². The Labute approximate surface area is 111 Å². The molecule has 0 fully saturated rings. The molecule has 0 radical (unpaired) electrons. The van der Waals surface area contributed by atoms with Crippen LogP contribution in [0, 0.1) is 17.1 Å². The lowest BCUT2D eigenvalue weighted by Gasteiger charge is -2.12. The Morgan fingerprint density at radius 3 is 2.63 bits per heavy atom. The van der Waals surface area contributed by atoms with Gasteiger partial charge < -0.3 is 10.5 Å². The number of benzene rings is 2. The van der Waals surface area contributed by atoms with Gasteiger partial charge in [0.2, 0.25) is 0 Å². The number of rotatable bonds is 3. The second kappa shape index (κ2) is 5.51. The van der Waals surface area contributed by atoms with Crippen molar-refractivity contribution in [1.29, 1.82) is 5.26 Å². The number of methoxy groups -OCH3 is 1. The van der Waals surface area contributed by atoms with Gasteiger partial charge in [-0.2, -0.15) is 5.26 Å². The van der Waals surface area contributed by atoms with Crippen LogP contribution in [0.25, 0.3) is 11.1 Å². The van der Waals surface area contributed by atoms with Crippen molar-refractivity contribution in [3.63, 3.8) is 0 Å². The lowest BCUT2D eigenvalue weighted by atomic mass is 9.97. The fourth-order valence-corrected chi connectivity index (χ4v) is 1.97. The molecule has 0 aliphatic heterocycles. The average Bonchev–Trinajstić information content (AvgIpc) is 2.46. The Bertz CT molecular complexity index is 647. The third-order valence-electron chi connectivity index (χ3n) is 2.91. The van der Waals surface area contributed by atoms with E-state index in [1.807, 2.05) is 0 Å². The zero-order chi connectivity index (χ0) is 13.8. The predicted molar refractivity (Wildman–Crippen MR) is 71.0 cm³/mol. The minimum Gasteiger partial charge on any atom is -0.496 e. The first-order valence-corrected chi connectivity index (χ1v) is 5.76. The molecular weight excluding hydrogens is 243 g/mol. The topological polar surface area (TPSA) is 59.0 Å². The van der Waals surface area contributed by atoms with Crippen LogP contribution in [-0.2, 0) is 6.54 Å². The van der Waals surface area contributed by atoms with Crippen LogP contribution in [0.2, 0.25) is 0 Å². The van der Waals surface area contributed by atoms with E-state index in [2.05, 4.69) is 6.07 Å². The summed E-state index contributed by atoms with van der Waals surface area (Å²) in [7, 11) is 1.53. The number of nitrogens with two attached hydrogens (primary N) is 1. The molecular formula is C15H13FN2O. The third-order valence-corrected chi connectivity index (χ3v) is 2.91. The Hall–Kier alpha value is -2.38. The van der Waals surface area contributed by atoms with Crippen LogP contribution in [-0.4, -0.2) is 7.11 Å². The van der Waals surface area contributed by atoms with Crippen molar-refractivity contribution < 1.29 is 9.13 Å². The van der Waals surface area contributed by atoms with Crippen LogP contribution in [0.5, 0.6) is 5.75 Å². The van der Waals surface area contributed by atoms with E-state index in [4.69, 9.17) is 15.7 Å². The highest BCUT2D eigenvalue weighted by atomic mass is 19.1. The maximum atomic E-state index is 13.4. The predicted octanol–water partition coefficient (Wildman–Crippen LogP) is 2.83. The summed E-state index contributed by atoms with van der Waals surface area (Å²) in [6.45, 7) is 0.287. The van der Waals surface area contributed by atoms with Crippen LogP contribution < -0.4 is 10.5 Å². The van der Waals surface area contributed by atoms with E-state index in [0.717, 1.165) is 5.56 Å². The summed E-state index contributed by atoms with van der Waals surface area (Å²) >= 11 is 0. The van der Waals surface area contributed by atoms with E-state index >= 15 is 0 Å². The molecule has 2 rings (SSSR count). The van der Waals surface area contributed by atoms with Gasteiger partial charge in [0.05, 0.1) is 18.7 Å². The van der Waals surface area contributed by atoms with Crippen LogP contribution in [0.1, 0.15) is 11.1 Å². The monoisotopic (exact) mass is 256 g/mol. The molecule has 0 atom stereocenters. The molecule has 0 saturated carbocycles. The molecule has 0 aromatic heterocycles. The first-order valence-electron chi connectivity index (χ1n) is 5.76. The van der Waals surface area contributed by atoms with E-state index in [9.17, 15) is 4.39 Å². The molecule has 19 heavy (non-hydrogen) atoms. The zero-order valence-corrected chi connectivity index (χ0v) is 10.5. The SMILES string of the molecule is COc1ccc(C#N)cc1-c1cc(F)ccc1CN. The number of ether oxygens (including phenoxy) is 1. The summed E-state index contributed by atoms with van der Waals surface area (Å²) in [6.07, 6.45) is 0. The average molecular weight is 256 g/mol. The summed E-state index contributed by atoms with van der Waals surface area (Å²) in [5.74, 6) is 0.232. The Morgan fingerprint density at radius 2 is 2.00 bits per heavy atom. The molecule has 0 unspecified atom stereocenters. The third kappa shape index (κ3) is 2.56. The van der Waals surface area contributed by atoms with Gasteiger partial charge in [0.25, 0.3) is 0 Å². The van der Waals surface area contributed by atoms with Gasteiger partial charge in [-0.15, -0.1) is 0 Å². The number of hydrogen-bond donors (Lipinski definition) is 1. The maximum absolute atomic E-state index is 13.4. The van der Waals surface area contributed by atoms with Gasteiger partial charge in [0.1, 0.15) is 11.6 Å². The molecule has 2 aromatic carbocycles. The van der Waals surface area contributed by atoms with E-state index < -0.39 is 0 Å². The number of hydrogen-bond acceptors (Lipinski definition) is 3. The quantitative estimate of drug-likeness (QED) is 0.918. The largest absolute Gasteiger partial charge is 0.496 e. The first-order chi connectivity index (χ1) is 9.19. The van der Waals surface area contributed by atoms with Crippen molar-refractivity contribution >= 4 is 0 Å². The van der Waals surface area contributed by atoms with Crippen LogP contribution >= 0.6 is 0 Å². The van der Waals surface area contributed by atoms with Crippen molar-refractivity contribution in [2.75, 3.05) is 7.11 Å². The maximum Gasteiger partial charge on any atom is 0.126 e. The van der Waals surface area contributed by atoms with Gasteiger partial charge >= 0.3 is 0 Å². The zero-order valence-electron chi connectivity index (χ0n) is 10.5. The van der Waals surface area contributed by atoms with Crippen molar-refractivity contribution in [3.05, 3.63) is 53.3 Å². The standard InChI is InChI=1S/C15H13FN2O/c1-19-15-5-2-10(8-17)6-14(15)13-7-12(16)4-3-11(13)9-18/h2-7H,9,18H2,1H3. The molecule has 0 amide bonds. The normalized spacial score (nSPS) is 10.0. The highest BCUT2D eigenvalue weighted by Gasteiger charge is 2.12. The summed E-state index contributed by atoms with van der Waals surface area (Å²) in [5.41, 5.74) is 8.28. The highest BCUT2D eigenvalue weighted by molar-refractivity contribution is 5.74. The number of nitrogens with zero attached hydrogens (tertiary/aromatic N) is 1. The second-order valence-electron chi connectivity index (χ2n) is 4.03. The second-order valence-corrected chi connectivity index (χ2v) is 4.03. The molecule has 2 aromatic rings. The molecule has 96 valence electrons. The van der Waals surface area contributed by atoms with Gasteiger partial charge in [-0.1, -0.05) is 6.07 Å². The van der Waals surface area contributed by atoms with Gasteiger partial charge in [-0.05, 0) is 41.5 Å². The molecule has 0 bridgehead atoms. The van der Waals surface area contributed by atoms with E-state index in [1.165, 1.54) is 19.2 Å².